The number of rotatable bonds is 5. The highest BCUT2D eigenvalue weighted by molar-refractivity contribution is 9.10. The second-order valence-electron chi connectivity index (χ2n) is 4.72. The lowest BCUT2D eigenvalue weighted by molar-refractivity contribution is 0.201. The molecule has 0 aliphatic heterocycles. The Bertz CT molecular complexity index is 596. The zero-order chi connectivity index (χ0) is 14.7. The maximum atomic E-state index is 10.7. The molecular formula is C15H19BrN2O2. The van der Waals surface area contributed by atoms with E-state index in [9.17, 15) is 5.11 Å². The van der Waals surface area contributed by atoms with E-state index in [4.69, 9.17) is 4.74 Å². The van der Waals surface area contributed by atoms with Gasteiger partial charge in [0.05, 0.1) is 13.3 Å². The largest absolute Gasteiger partial charge is 0.493 e. The van der Waals surface area contributed by atoms with Gasteiger partial charge >= 0.3 is 0 Å². The molecule has 0 aliphatic rings. The number of nitrogens with zero attached hydrogens (tertiary/aromatic N) is 2. The molecule has 1 unspecified atom stereocenters. The van der Waals surface area contributed by atoms with E-state index in [1.165, 1.54) is 0 Å². The Balaban J connectivity index is 2.48. The van der Waals surface area contributed by atoms with Crippen molar-refractivity contribution < 1.29 is 9.84 Å². The minimum atomic E-state index is -0.753. The summed E-state index contributed by atoms with van der Waals surface area (Å²) in [6, 6.07) is 5.88. The third-order valence-corrected chi connectivity index (χ3v) is 3.79. The molecule has 0 bridgehead atoms. The predicted octanol–water partition coefficient (Wildman–Crippen LogP) is 3.45. The maximum Gasteiger partial charge on any atom is 0.163 e. The monoisotopic (exact) mass is 338 g/mol. The summed E-state index contributed by atoms with van der Waals surface area (Å²) < 4.78 is 8.08. The highest BCUT2D eigenvalue weighted by Crippen LogP contribution is 2.32. The fourth-order valence-corrected chi connectivity index (χ4v) is 2.63. The number of hydrogen-bond donors (Lipinski definition) is 1. The van der Waals surface area contributed by atoms with E-state index in [-0.39, 0.29) is 0 Å². The first kappa shape index (κ1) is 15.1. The minimum Gasteiger partial charge on any atom is -0.493 e. The number of aromatic nitrogens is 2. The number of aliphatic hydroxyl groups is 1. The first-order valence-electron chi connectivity index (χ1n) is 6.62. The average molecular weight is 339 g/mol. The number of hydrogen-bond acceptors (Lipinski definition) is 3. The number of methoxy groups -OCH3 is 1. The van der Waals surface area contributed by atoms with Crippen molar-refractivity contribution in [2.75, 3.05) is 7.11 Å². The first-order valence-corrected chi connectivity index (χ1v) is 7.41. The Labute approximate surface area is 127 Å². The van der Waals surface area contributed by atoms with Crippen LogP contribution in [0.25, 0.3) is 0 Å². The molecule has 0 radical (unpaired) electrons. The van der Waals surface area contributed by atoms with Gasteiger partial charge in [-0.2, -0.15) is 5.10 Å². The first-order chi connectivity index (χ1) is 9.58. The Morgan fingerprint density at radius 1 is 1.45 bits per heavy atom. The molecule has 0 saturated carbocycles. The van der Waals surface area contributed by atoms with Gasteiger partial charge in [0.25, 0.3) is 0 Å². The van der Waals surface area contributed by atoms with Crippen LogP contribution in [0.4, 0.5) is 0 Å². The molecule has 2 aromatic rings. The molecule has 5 heteroatoms. The smallest absolute Gasteiger partial charge is 0.163 e. The lowest BCUT2D eigenvalue weighted by Gasteiger charge is -2.17. The zero-order valence-corrected chi connectivity index (χ0v) is 13.5. The van der Waals surface area contributed by atoms with Crippen molar-refractivity contribution in [1.29, 1.82) is 0 Å². The predicted molar refractivity (Wildman–Crippen MR) is 82.0 cm³/mol. The molecule has 20 heavy (non-hydrogen) atoms. The van der Waals surface area contributed by atoms with Gasteiger partial charge in [-0.3, -0.25) is 4.68 Å². The van der Waals surface area contributed by atoms with E-state index in [0.29, 0.717) is 11.4 Å². The Kier molecular flexibility index (Phi) is 4.83. The van der Waals surface area contributed by atoms with Crippen LogP contribution in [0.2, 0.25) is 0 Å². The van der Waals surface area contributed by atoms with Gasteiger partial charge in [0, 0.05) is 11.0 Å². The van der Waals surface area contributed by atoms with Crippen LogP contribution in [0.15, 0.2) is 28.9 Å². The topological polar surface area (TPSA) is 47.3 Å². The molecular weight excluding hydrogens is 320 g/mol. The molecule has 4 nitrogen and oxygen atoms in total. The number of benzene rings is 1. The van der Waals surface area contributed by atoms with Gasteiger partial charge in [-0.25, -0.2) is 0 Å². The lowest BCUT2D eigenvalue weighted by Crippen LogP contribution is -2.12. The summed E-state index contributed by atoms with van der Waals surface area (Å²) in [6.45, 7) is 4.81. The van der Waals surface area contributed by atoms with Crippen LogP contribution in [0.5, 0.6) is 5.75 Å². The van der Waals surface area contributed by atoms with E-state index in [2.05, 4.69) is 28.0 Å². The molecule has 1 atom stereocenters. The van der Waals surface area contributed by atoms with Crippen molar-refractivity contribution in [3.63, 3.8) is 0 Å². The third-order valence-electron chi connectivity index (χ3n) is 3.30. The molecule has 108 valence electrons. The zero-order valence-electron chi connectivity index (χ0n) is 11.9. The van der Waals surface area contributed by atoms with E-state index in [1.54, 1.807) is 13.3 Å². The van der Waals surface area contributed by atoms with E-state index in [0.717, 1.165) is 28.6 Å². The van der Waals surface area contributed by atoms with Gasteiger partial charge in [-0.1, -0.05) is 28.9 Å². The van der Waals surface area contributed by atoms with Crippen LogP contribution in [0, 0.1) is 6.92 Å². The highest BCUT2D eigenvalue weighted by Gasteiger charge is 2.22. The van der Waals surface area contributed by atoms with Gasteiger partial charge < -0.3 is 9.84 Å². The van der Waals surface area contributed by atoms with E-state index < -0.39 is 6.10 Å². The van der Waals surface area contributed by atoms with Gasteiger partial charge in [-0.15, -0.1) is 0 Å². The summed E-state index contributed by atoms with van der Waals surface area (Å²) in [7, 11) is 1.59. The number of aryl methyl sites for hydroxylation is 2. The third kappa shape index (κ3) is 2.88. The second kappa shape index (κ2) is 6.41. The van der Waals surface area contributed by atoms with Crippen molar-refractivity contribution in [1.82, 2.24) is 9.78 Å². The highest BCUT2D eigenvalue weighted by atomic mass is 79.9. The van der Waals surface area contributed by atoms with Gasteiger partial charge in [0.2, 0.25) is 0 Å². The van der Waals surface area contributed by atoms with Crippen LogP contribution in [0.1, 0.15) is 36.3 Å². The molecule has 0 amide bonds. The summed E-state index contributed by atoms with van der Waals surface area (Å²) in [5.41, 5.74) is 2.60. The fraction of sp³-hybridized carbons (Fsp3) is 0.400. The Morgan fingerprint density at radius 3 is 2.85 bits per heavy atom. The summed E-state index contributed by atoms with van der Waals surface area (Å²) in [4.78, 5) is 0. The number of aliphatic hydroxyl groups excluding tert-OH is 1. The molecule has 1 N–H and O–H groups in total. The lowest BCUT2D eigenvalue weighted by atomic mass is 10.0. The summed E-state index contributed by atoms with van der Waals surface area (Å²) in [5.74, 6) is 0.616. The summed E-state index contributed by atoms with van der Waals surface area (Å²) >= 11 is 3.45. The van der Waals surface area contributed by atoms with Crippen LogP contribution in [-0.2, 0) is 6.54 Å². The van der Waals surface area contributed by atoms with Crippen LogP contribution in [0.3, 0.4) is 0 Å². The van der Waals surface area contributed by atoms with Crippen LogP contribution in [-0.4, -0.2) is 22.0 Å². The number of ether oxygens (including phenoxy) is 1. The molecule has 1 aromatic heterocycles. The average Bonchev–Trinajstić information content (AvgIpc) is 2.84. The molecule has 0 fully saturated rings. The standard InChI is InChI=1S/C15H19BrN2O2/c1-4-7-18-14(13(20-3)9-17-18)15(19)12-8-11(16)6-5-10(12)2/h5-6,8-9,15,19H,4,7H2,1-3H3. The van der Waals surface area contributed by atoms with E-state index >= 15 is 0 Å². The quantitative estimate of drug-likeness (QED) is 0.908. The normalized spacial score (nSPS) is 12.4. The Morgan fingerprint density at radius 2 is 2.20 bits per heavy atom. The van der Waals surface area contributed by atoms with Crippen LogP contribution < -0.4 is 4.74 Å². The molecule has 1 heterocycles. The van der Waals surface area contributed by atoms with Crippen molar-refractivity contribution in [2.45, 2.75) is 32.9 Å². The van der Waals surface area contributed by atoms with Gasteiger partial charge in [-0.05, 0) is 36.6 Å². The maximum absolute atomic E-state index is 10.7. The minimum absolute atomic E-state index is 0.616. The second-order valence-corrected chi connectivity index (χ2v) is 5.64. The number of halogens is 1. The Hall–Kier alpha value is -1.33. The molecule has 0 spiro atoms. The molecule has 1 aromatic carbocycles. The van der Waals surface area contributed by atoms with Crippen molar-refractivity contribution in [2.24, 2.45) is 0 Å². The van der Waals surface area contributed by atoms with Gasteiger partial charge in [0.1, 0.15) is 11.8 Å². The fourth-order valence-electron chi connectivity index (χ4n) is 2.25. The van der Waals surface area contributed by atoms with Crippen LogP contribution >= 0.6 is 15.9 Å². The SMILES string of the molecule is CCCn1ncc(OC)c1C(O)c1cc(Br)ccc1C. The van der Waals surface area contributed by atoms with E-state index in [1.807, 2.05) is 29.8 Å². The van der Waals surface area contributed by atoms with Gasteiger partial charge in [0.15, 0.2) is 5.75 Å². The molecule has 0 aliphatic carbocycles. The summed E-state index contributed by atoms with van der Waals surface area (Å²) in [5, 5.41) is 15.0. The van der Waals surface area contributed by atoms with Crippen molar-refractivity contribution in [3.05, 3.63) is 45.7 Å². The van der Waals surface area contributed by atoms with Crippen molar-refractivity contribution >= 4 is 15.9 Å². The molecule has 2 rings (SSSR count). The summed E-state index contributed by atoms with van der Waals surface area (Å²) in [6.07, 6.45) is 1.85. The molecule has 0 saturated heterocycles. The van der Waals surface area contributed by atoms with Crippen molar-refractivity contribution in [3.8, 4) is 5.75 Å².